The van der Waals surface area contributed by atoms with E-state index in [1.54, 1.807) is 7.11 Å². The smallest absolute Gasteiger partial charge is 0.407 e. The molecular formula is C30H40N2O5. The first-order valence-corrected chi connectivity index (χ1v) is 13.3. The summed E-state index contributed by atoms with van der Waals surface area (Å²) in [7, 11) is 1.65. The Morgan fingerprint density at radius 2 is 1.76 bits per heavy atom. The second-order valence-corrected chi connectivity index (χ2v) is 11.2. The van der Waals surface area contributed by atoms with E-state index in [2.05, 4.69) is 5.32 Å². The Labute approximate surface area is 220 Å². The zero-order chi connectivity index (χ0) is 26.4. The van der Waals surface area contributed by atoms with Crippen LogP contribution in [0.1, 0.15) is 67.1 Å². The molecule has 200 valence electrons. The van der Waals surface area contributed by atoms with Crippen molar-refractivity contribution in [1.82, 2.24) is 10.2 Å². The summed E-state index contributed by atoms with van der Waals surface area (Å²) in [6, 6.07) is 14.0. The van der Waals surface area contributed by atoms with Crippen LogP contribution in [0.15, 0.2) is 42.5 Å². The van der Waals surface area contributed by atoms with E-state index in [9.17, 15) is 9.59 Å². The number of methoxy groups -OCH3 is 1. The van der Waals surface area contributed by atoms with Crippen LogP contribution in [0.2, 0.25) is 0 Å². The van der Waals surface area contributed by atoms with Crippen molar-refractivity contribution in [2.75, 3.05) is 26.9 Å². The van der Waals surface area contributed by atoms with Gasteiger partial charge in [-0.2, -0.15) is 0 Å². The first kappa shape index (κ1) is 27.0. The number of ether oxygens (including phenoxy) is 3. The van der Waals surface area contributed by atoms with Gasteiger partial charge >= 0.3 is 6.09 Å². The topological polar surface area (TPSA) is 77.1 Å². The highest BCUT2D eigenvalue weighted by Crippen LogP contribution is 2.26. The van der Waals surface area contributed by atoms with Gasteiger partial charge in [0.1, 0.15) is 11.4 Å². The molecule has 1 N–H and O–H groups in total. The van der Waals surface area contributed by atoms with Crippen molar-refractivity contribution in [2.45, 2.75) is 71.1 Å². The lowest BCUT2D eigenvalue weighted by Gasteiger charge is -2.31. The Balaban J connectivity index is 1.46. The number of carbonyl (C=O) groups is 2. The Hall–Kier alpha value is -3.06. The Bertz CT molecular complexity index is 1070. The van der Waals surface area contributed by atoms with Gasteiger partial charge in [0.25, 0.3) is 5.91 Å². The number of hydrogen-bond donors (Lipinski definition) is 1. The van der Waals surface area contributed by atoms with Gasteiger partial charge in [-0.3, -0.25) is 4.79 Å². The van der Waals surface area contributed by atoms with Gasteiger partial charge in [-0.15, -0.1) is 0 Å². The van der Waals surface area contributed by atoms with Crippen LogP contribution in [0.25, 0.3) is 0 Å². The first-order valence-electron chi connectivity index (χ1n) is 13.3. The summed E-state index contributed by atoms with van der Waals surface area (Å²) in [6.45, 7) is 8.37. The van der Waals surface area contributed by atoms with E-state index < -0.39 is 5.60 Å². The van der Waals surface area contributed by atoms with Crippen molar-refractivity contribution < 1.29 is 23.8 Å². The standard InChI is InChI=1S/C30H40N2O5/c1-30(2,3)37-29(34)31-26-10-9-23-17-25(8-7-24(23)18-26)28(33)32(20-22-13-15-36-16-14-22)19-21-5-11-27(35-4)12-6-21/h5-8,11-12,17,22,26H,9-10,13-16,18-20H2,1-4H3,(H,31,34)/t26-/m0/s1. The molecule has 2 amide bonds. The fraction of sp³-hybridized carbons (Fsp3) is 0.533. The van der Waals surface area contributed by atoms with E-state index in [1.807, 2.05) is 68.1 Å². The number of benzene rings is 2. The van der Waals surface area contributed by atoms with E-state index in [0.29, 0.717) is 19.0 Å². The second kappa shape index (κ2) is 12.0. The monoisotopic (exact) mass is 508 g/mol. The number of hydrogen-bond acceptors (Lipinski definition) is 5. The molecule has 0 radical (unpaired) electrons. The number of alkyl carbamates (subject to hydrolysis) is 1. The molecule has 0 saturated carbocycles. The largest absolute Gasteiger partial charge is 0.497 e. The van der Waals surface area contributed by atoms with Gasteiger partial charge in [0.15, 0.2) is 0 Å². The minimum Gasteiger partial charge on any atom is -0.497 e. The summed E-state index contributed by atoms with van der Waals surface area (Å²) >= 11 is 0. The zero-order valence-corrected chi connectivity index (χ0v) is 22.5. The minimum absolute atomic E-state index is 0.0315. The average Bonchev–Trinajstić information content (AvgIpc) is 2.87. The van der Waals surface area contributed by atoms with Gasteiger partial charge in [-0.25, -0.2) is 4.79 Å². The normalized spacial score (nSPS) is 18.0. The molecule has 37 heavy (non-hydrogen) atoms. The Morgan fingerprint density at radius 1 is 1.03 bits per heavy atom. The highest BCUT2D eigenvalue weighted by Gasteiger charge is 2.26. The lowest BCUT2D eigenvalue weighted by Crippen LogP contribution is -2.42. The highest BCUT2D eigenvalue weighted by atomic mass is 16.6. The van der Waals surface area contributed by atoms with Gasteiger partial charge in [0.2, 0.25) is 0 Å². The highest BCUT2D eigenvalue weighted by molar-refractivity contribution is 5.94. The lowest BCUT2D eigenvalue weighted by atomic mass is 9.87. The number of fused-ring (bicyclic) bond motifs is 1. The molecule has 1 fully saturated rings. The molecule has 1 saturated heterocycles. The predicted octanol–water partition coefficient (Wildman–Crippen LogP) is 5.15. The number of amides is 2. The van der Waals surface area contributed by atoms with Crippen molar-refractivity contribution >= 4 is 12.0 Å². The third-order valence-corrected chi connectivity index (χ3v) is 7.04. The summed E-state index contributed by atoms with van der Waals surface area (Å²) in [5.74, 6) is 1.30. The molecule has 0 spiro atoms. The van der Waals surface area contributed by atoms with Crippen molar-refractivity contribution in [3.8, 4) is 5.75 Å². The molecule has 2 aromatic carbocycles. The van der Waals surface area contributed by atoms with Crippen LogP contribution in [0.3, 0.4) is 0 Å². The SMILES string of the molecule is COc1ccc(CN(CC2CCOCC2)C(=O)c2ccc3c(c2)CC[C@H](NC(=O)OC(C)(C)C)C3)cc1. The first-order chi connectivity index (χ1) is 17.7. The van der Waals surface area contributed by atoms with Crippen LogP contribution in [0, 0.1) is 5.92 Å². The zero-order valence-electron chi connectivity index (χ0n) is 22.5. The van der Waals surface area contributed by atoms with Gasteiger partial charge in [0, 0.05) is 37.9 Å². The molecule has 1 atom stereocenters. The molecule has 2 aliphatic rings. The molecule has 1 aliphatic carbocycles. The summed E-state index contributed by atoms with van der Waals surface area (Å²) in [4.78, 5) is 28.0. The lowest BCUT2D eigenvalue weighted by molar-refractivity contribution is 0.0446. The quantitative estimate of drug-likeness (QED) is 0.560. The third kappa shape index (κ3) is 7.71. The van der Waals surface area contributed by atoms with Crippen LogP contribution in [0.4, 0.5) is 4.79 Å². The summed E-state index contributed by atoms with van der Waals surface area (Å²) in [6.07, 6.45) is 3.94. The van der Waals surface area contributed by atoms with Crippen LogP contribution >= 0.6 is 0 Å². The molecule has 0 aromatic heterocycles. The van der Waals surface area contributed by atoms with Crippen LogP contribution in [-0.4, -0.2) is 55.4 Å². The molecule has 7 heteroatoms. The molecule has 7 nitrogen and oxygen atoms in total. The third-order valence-electron chi connectivity index (χ3n) is 7.04. The van der Waals surface area contributed by atoms with E-state index in [4.69, 9.17) is 14.2 Å². The average molecular weight is 509 g/mol. The maximum atomic E-state index is 13.8. The van der Waals surface area contributed by atoms with E-state index in [1.165, 1.54) is 11.1 Å². The predicted molar refractivity (Wildman–Crippen MR) is 143 cm³/mol. The van der Waals surface area contributed by atoms with E-state index in [-0.39, 0.29) is 18.0 Å². The molecular weight excluding hydrogens is 468 g/mol. The summed E-state index contributed by atoms with van der Waals surface area (Å²) in [5.41, 5.74) is 3.64. The maximum absolute atomic E-state index is 13.8. The molecule has 0 bridgehead atoms. The maximum Gasteiger partial charge on any atom is 0.407 e. The Morgan fingerprint density at radius 3 is 2.43 bits per heavy atom. The second-order valence-electron chi connectivity index (χ2n) is 11.2. The Kier molecular flexibility index (Phi) is 8.75. The van der Waals surface area contributed by atoms with E-state index in [0.717, 1.165) is 62.2 Å². The molecule has 1 aliphatic heterocycles. The van der Waals surface area contributed by atoms with Crippen molar-refractivity contribution in [3.05, 3.63) is 64.7 Å². The van der Waals surface area contributed by atoms with Gasteiger partial charge < -0.3 is 24.4 Å². The number of nitrogens with one attached hydrogen (secondary N) is 1. The fourth-order valence-electron chi connectivity index (χ4n) is 5.08. The van der Waals surface area contributed by atoms with Gasteiger partial charge in [-0.1, -0.05) is 18.2 Å². The summed E-state index contributed by atoms with van der Waals surface area (Å²) < 4.78 is 16.2. The van der Waals surface area contributed by atoms with Gasteiger partial charge in [-0.05, 0) is 99.7 Å². The number of rotatable bonds is 7. The summed E-state index contributed by atoms with van der Waals surface area (Å²) in [5, 5.41) is 3.00. The number of aryl methyl sites for hydroxylation is 1. The fourth-order valence-corrected chi connectivity index (χ4v) is 5.08. The molecule has 4 rings (SSSR count). The van der Waals surface area contributed by atoms with Crippen molar-refractivity contribution in [1.29, 1.82) is 0 Å². The number of nitrogens with zero attached hydrogens (tertiary/aromatic N) is 1. The molecule has 2 aromatic rings. The van der Waals surface area contributed by atoms with Crippen LogP contribution in [-0.2, 0) is 28.9 Å². The van der Waals surface area contributed by atoms with Crippen LogP contribution < -0.4 is 10.1 Å². The molecule has 1 heterocycles. The minimum atomic E-state index is -0.520. The molecule has 0 unspecified atom stereocenters. The van der Waals surface area contributed by atoms with Gasteiger partial charge in [0.05, 0.1) is 7.11 Å². The van der Waals surface area contributed by atoms with E-state index >= 15 is 0 Å². The number of carbonyl (C=O) groups excluding carboxylic acids is 2. The van der Waals surface area contributed by atoms with Crippen molar-refractivity contribution in [2.24, 2.45) is 5.92 Å². The van der Waals surface area contributed by atoms with Crippen molar-refractivity contribution in [3.63, 3.8) is 0 Å². The van der Waals surface area contributed by atoms with Crippen LogP contribution in [0.5, 0.6) is 5.75 Å².